The van der Waals surface area contributed by atoms with Crippen molar-refractivity contribution in [1.29, 1.82) is 0 Å². The standard InChI is InChI=1S/C28H37N7O3/c1-20-17-33(15-14-31(20)3)21-4-6-22(7-5-21)35-24-23(16-30-35)25(36)34(19-29-24)18-28(38)10-12-32(13-11-28)26(37)27(2)8-9-27/h4-7,16,19-20,38H,8-15,17-18H2,1-3H3/t20-/m1/s1. The van der Waals surface area contributed by atoms with Gasteiger partial charge in [-0.2, -0.15) is 5.10 Å². The number of hydrogen-bond acceptors (Lipinski definition) is 7. The number of fused-ring (bicyclic) bond motifs is 1. The molecule has 0 bridgehead atoms. The van der Waals surface area contributed by atoms with Crippen molar-refractivity contribution in [3.05, 3.63) is 47.1 Å². The molecule has 0 unspecified atom stereocenters. The Balaban J connectivity index is 1.17. The lowest BCUT2D eigenvalue weighted by Gasteiger charge is -2.39. The summed E-state index contributed by atoms with van der Waals surface area (Å²) in [5.41, 5.74) is 1.04. The summed E-state index contributed by atoms with van der Waals surface area (Å²) in [4.78, 5) is 37.2. The fourth-order valence-corrected chi connectivity index (χ4v) is 5.72. The van der Waals surface area contributed by atoms with Crippen molar-refractivity contribution in [1.82, 2.24) is 29.1 Å². The van der Waals surface area contributed by atoms with E-state index in [1.54, 1.807) is 10.9 Å². The SMILES string of the molecule is C[C@@H]1CN(c2ccc(-n3ncc4c(=O)n(CC5(O)CCN(C(=O)C6(C)CC6)CC5)cnc43)cc2)CCN1C. The topological polar surface area (TPSA) is 99.7 Å². The Morgan fingerprint density at radius 1 is 1.05 bits per heavy atom. The van der Waals surface area contributed by atoms with Crippen molar-refractivity contribution >= 4 is 22.6 Å². The first-order valence-corrected chi connectivity index (χ1v) is 13.7. The number of carbonyl (C=O) groups is 1. The highest BCUT2D eigenvalue weighted by Gasteiger charge is 2.48. The highest BCUT2D eigenvalue weighted by molar-refractivity contribution is 5.85. The minimum absolute atomic E-state index is 0.150. The van der Waals surface area contributed by atoms with Gasteiger partial charge in [-0.15, -0.1) is 0 Å². The van der Waals surface area contributed by atoms with Crippen LogP contribution >= 0.6 is 0 Å². The Kier molecular flexibility index (Phi) is 6.07. The summed E-state index contributed by atoms with van der Waals surface area (Å²) in [6.07, 6.45) is 5.83. The largest absolute Gasteiger partial charge is 0.388 e. The van der Waals surface area contributed by atoms with Gasteiger partial charge in [-0.25, -0.2) is 9.67 Å². The lowest BCUT2D eigenvalue weighted by molar-refractivity contribution is -0.141. The number of piperazine rings is 1. The first-order valence-electron chi connectivity index (χ1n) is 13.7. The number of piperidine rings is 1. The lowest BCUT2D eigenvalue weighted by Crippen LogP contribution is -2.51. The third-order valence-corrected chi connectivity index (χ3v) is 8.94. The number of aromatic nitrogens is 4. The quantitative estimate of drug-likeness (QED) is 0.549. The molecule has 2 saturated heterocycles. The van der Waals surface area contributed by atoms with Crippen molar-refractivity contribution in [3.8, 4) is 5.69 Å². The van der Waals surface area contributed by atoms with E-state index in [4.69, 9.17) is 0 Å². The minimum Gasteiger partial charge on any atom is -0.388 e. The van der Waals surface area contributed by atoms with Gasteiger partial charge in [0.05, 0.1) is 24.0 Å². The summed E-state index contributed by atoms with van der Waals surface area (Å²) in [5.74, 6) is 0.193. The number of carbonyl (C=O) groups excluding carboxylic acids is 1. The van der Waals surface area contributed by atoms with Crippen LogP contribution in [0.5, 0.6) is 0 Å². The molecule has 1 aromatic carbocycles. The van der Waals surface area contributed by atoms with E-state index in [0.29, 0.717) is 43.0 Å². The van der Waals surface area contributed by atoms with Crippen LogP contribution < -0.4 is 10.5 Å². The van der Waals surface area contributed by atoms with Crippen molar-refractivity contribution in [2.75, 3.05) is 44.7 Å². The fraction of sp³-hybridized carbons (Fsp3) is 0.571. The van der Waals surface area contributed by atoms with Gasteiger partial charge in [0.1, 0.15) is 11.7 Å². The molecule has 0 spiro atoms. The first-order chi connectivity index (χ1) is 18.2. The number of benzene rings is 1. The van der Waals surface area contributed by atoms with Crippen LogP contribution in [0.1, 0.15) is 39.5 Å². The molecular weight excluding hydrogens is 482 g/mol. The monoisotopic (exact) mass is 519 g/mol. The van der Waals surface area contributed by atoms with Gasteiger partial charge in [0.15, 0.2) is 5.65 Å². The van der Waals surface area contributed by atoms with Crippen molar-refractivity contribution in [2.24, 2.45) is 5.41 Å². The molecule has 3 aromatic rings. The molecule has 3 aliphatic rings. The molecule has 1 amide bonds. The van der Waals surface area contributed by atoms with Crippen molar-refractivity contribution < 1.29 is 9.90 Å². The van der Waals surface area contributed by atoms with Gasteiger partial charge < -0.3 is 19.8 Å². The van der Waals surface area contributed by atoms with Crippen LogP contribution in [0, 0.1) is 5.41 Å². The maximum atomic E-state index is 13.3. The van der Waals surface area contributed by atoms with Crippen LogP contribution in [0.15, 0.2) is 41.6 Å². The second-order valence-electron chi connectivity index (χ2n) is 11.8. The Hall–Kier alpha value is -3.24. The number of nitrogens with zero attached hydrogens (tertiary/aromatic N) is 7. The summed E-state index contributed by atoms with van der Waals surface area (Å²) in [6, 6.07) is 8.72. The third-order valence-electron chi connectivity index (χ3n) is 8.94. The normalized spacial score (nSPS) is 23.1. The smallest absolute Gasteiger partial charge is 0.264 e. The molecule has 10 nitrogen and oxygen atoms in total. The van der Waals surface area contributed by atoms with E-state index in [1.807, 2.05) is 24.0 Å². The second-order valence-corrected chi connectivity index (χ2v) is 11.8. The fourth-order valence-electron chi connectivity index (χ4n) is 5.72. The summed E-state index contributed by atoms with van der Waals surface area (Å²) in [7, 11) is 2.16. The molecule has 2 aromatic heterocycles. The summed E-state index contributed by atoms with van der Waals surface area (Å²) in [6.45, 7) is 8.44. The molecule has 10 heteroatoms. The lowest BCUT2D eigenvalue weighted by atomic mass is 9.90. The van der Waals surface area contributed by atoms with Crippen LogP contribution in [0.3, 0.4) is 0 Å². The average Bonchev–Trinajstić information content (AvgIpc) is 3.52. The molecule has 6 rings (SSSR count). The van der Waals surface area contributed by atoms with Crippen LogP contribution in [0.25, 0.3) is 16.7 Å². The number of aliphatic hydroxyl groups is 1. The van der Waals surface area contributed by atoms with E-state index in [9.17, 15) is 14.7 Å². The minimum atomic E-state index is -1.05. The molecule has 202 valence electrons. The maximum Gasteiger partial charge on any atom is 0.264 e. The molecular formula is C28H37N7O3. The molecule has 1 aliphatic carbocycles. The molecule has 2 aliphatic heterocycles. The molecule has 1 saturated carbocycles. The van der Waals surface area contributed by atoms with E-state index in [0.717, 1.165) is 38.2 Å². The zero-order chi connectivity index (χ0) is 26.7. The molecule has 38 heavy (non-hydrogen) atoms. The Bertz CT molecular complexity index is 1400. The van der Waals surface area contributed by atoms with Gasteiger partial charge in [0.25, 0.3) is 5.56 Å². The number of rotatable bonds is 5. The number of anilines is 1. The van der Waals surface area contributed by atoms with E-state index in [-0.39, 0.29) is 23.4 Å². The molecule has 1 atom stereocenters. The van der Waals surface area contributed by atoms with Gasteiger partial charge in [0, 0.05) is 49.9 Å². The van der Waals surface area contributed by atoms with E-state index < -0.39 is 5.60 Å². The number of likely N-dealkylation sites (tertiary alicyclic amines) is 1. The van der Waals surface area contributed by atoms with Crippen LogP contribution in [-0.4, -0.2) is 91.6 Å². The van der Waals surface area contributed by atoms with Gasteiger partial charge in [0.2, 0.25) is 5.91 Å². The summed E-state index contributed by atoms with van der Waals surface area (Å²) < 4.78 is 3.17. The van der Waals surface area contributed by atoms with Crippen LogP contribution in [0.2, 0.25) is 0 Å². The summed E-state index contributed by atoms with van der Waals surface area (Å²) >= 11 is 0. The van der Waals surface area contributed by atoms with Crippen molar-refractivity contribution in [2.45, 2.75) is 57.7 Å². The first kappa shape index (κ1) is 25.1. The van der Waals surface area contributed by atoms with Gasteiger partial charge in [-0.3, -0.25) is 14.2 Å². The Morgan fingerprint density at radius 3 is 2.39 bits per heavy atom. The Labute approximate surface area is 222 Å². The van der Waals surface area contributed by atoms with Crippen LogP contribution in [-0.2, 0) is 11.3 Å². The van der Waals surface area contributed by atoms with E-state index >= 15 is 0 Å². The van der Waals surface area contributed by atoms with E-state index in [1.165, 1.54) is 16.6 Å². The summed E-state index contributed by atoms with van der Waals surface area (Å²) in [5, 5.41) is 16.1. The zero-order valence-electron chi connectivity index (χ0n) is 22.5. The zero-order valence-corrected chi connectivity index (χ0v) is 22.5. The Morgan fingerprint density at radius 2 is 1.74 bits per heavy atom. The molecule has 0 radical (unpaired) electrons. The van der Waals surface area contributed by atoms with Crippen LogP contribution in [0.4, 0.5) is 5.69 Å². The predicted molar refractivity (Wildman–Crippen MR) is 146 cm³/mol. The predicted octanol–water partition coefficient (Wildman–Crippen LogP) is 1.88. The molecule has 4 heterocycles. The highest BCUT2D eigenvalue weighted by Crippen LogP contribution is 2.47. The molecule has 3 fully saturated rings. The van der Waals surface area contributed by atoms with E-state index in [2.05, 4.69) is 46.0 Å². The number of amides is 1. The second kappa shape index (κ2) is 9.20. The number of likely N-dealkylation sites (N-methyl/N-ethyl adjacent to an activating group) is 1. The van der Waals surface area contributed by atoms with Gasteiger partial charge in [-0.05, 0) is 63.9 Å². The average molecular weight is 520 g/mol. The maximum absolute atomic E-state index is 13.3. The van der Waals surface area contributed by atoms with Gasteiger partial charge >= 0.3 is 0 Å². The third kappa shape index (κ3) is 4.49. The molecule has 1 N–H and O–H groups in total. The van der Waals surface area contributed by atoms with Gasteiger partial charge in [-0.1, -0.05) is 6.92 Å². The number of hydrogen-bond donors (Lipinski definition) is 1. The van der Waals surface area contributed by atoms with Crippen molar-refractivity contribution in [3.63, 3.8) is 0 Å². The highest BCUT2D eigenvalue weighted by atomic mass is 16.3.